The van der Waals surface area contributed by atoms with E-state index in [0.29, 0.717) is 24.1 Å². The number of ether oxygens (including phenoxy) is 2. The van der Waals surface area contributed by atoms with Gasteiger partial charge in [0, 0.05) is 20.1 Å². The van der Waals surface area contributed by atoms with Crippen molar-refractivity contribution in [3.63, 3.8) is 0 Å². The number of hydrogen-bond donors (Lipinski definition) is 1. The van der Waals surface area contributed by atoms with Crippen molar-refractivity contribution in [3.05, 3.63) is 24.3 Å². The van der Waals surface area contributed by atoms with Crippen LogP contribution in [0.25, 0.3) is 0 Å². The number of allylic oxidation sites excluding steroid dienone is 4. The third-order valence-electron chi connectivity index (χ3n) is 7.36. The molecule has 2 unspecified atom stereocenters. The maximum absolute atomic E-state index is 12.9. The number of rotatable bonds is 29. The van der Waals surface area contributed by atoms with Crippen LogP contribution in [0, 0.1) is 0 Å². The highest BCUT2D eigenvalue weighted by molar-refractivity contribution is 7.53. The summed E-state index contributed by atoms with van der Waals surface area (Å²) in [4.78, 5) is 10.6. The molecule has 6 nitrogen and oxygen atoms in total. The van der Waals surface area contributed by atoms with E-state index in [9.17, 15) is 9.46 Å². The van der Waals surface area contributed by atoms with Gasteiger partial charge in [0.25, 0.3) is 0 Å². The minimum Gasteiger partial charge on any atom is -0.379 e. The highest BCUT2D eigenvalue weighted by Crippen LogP contribution is 2.51. The first-order chi connectivity index (χ1) is 19.2. The van der Waals surface area contributed by atoms with Crippen molar-refractivity contribution in [2.24, 2.45) is 0 Å². The van der Waals surface area contributed by atoms with Gasteiger partial charge in [0.1, 0.15) is 6.10 Å². The Kier molecular flexibility index (Phi) is 25.8. The second-order valence-corrected chi connectivity index (χ2v) is 14.1. The molecule has 0 saturated heterocycles. The van der Waals surface area contributed by atoms with Crippen LogP contribution in [-0.4, -0.2) is 69.3 Å². The maximum Gasteiger partial charge on any atom is 0.385 e. The molecule has 0 aliphatic carbocycles. The van der Waals surface area contributed by atoms with Crippen LogP contribution in [0.1, 0.15) is 129 Å². The van der Waals surface area contributed by atoms with Gasteiger partial charge >= 0.3 is 7.60 Å². The zero-order valence-electron chi connectivity index (χ0n) is 27.3. The van der Waals surface area contributed by atoms with Crippen LogP contribution in [0.3, 0.4) is 0 Å². The second kappa shape index (κ2) is 26.2. The van der Waals surface area contributed by atoms with Gasteiger partial charge in [0.05, 0.1) is 34.4 Å². The van der Waals surface area contributed by atoms with Crippen LogP contribution in [-0.2, 0) is 18.6 Å². The van der Waals surface area contributed by atoms with Crippen LogP contribution < -0.4 is 0 Å². The van der Waals surface area contributed by atoms with E-state index < -0.39 is 13.4 Å². The zero-order chi connectivity index (χ0) is 30.0. The molecule has 40 heavy (non-hydrogen) atoms. The van der Waals surface area contributed by atoms with Gasteiger partial charge in [-0.2, -0.15) is 0 Å². The Bertz CT molecular complexity index is 662. The minimum atomic E-state index is -3.76. The molecule has 0 aromatic heterocycles. The van der Waals surface area contributed by atoms with Gasteiger partial charge in [-0.15, -0.1) is 0 Å². The van der Waals surface area contributed by atoms with Crippen molar-refractivity contribution in [3.8, 4) is 0 Å². The summed E-state index contributed by atoms with van der Waals surface area (Å²) in [6, 6.07) is 0. The summed E-state index contributed by atoms with van der Waals surface area (Å²) >= 11 is 0. The van der Waals surface area contributed by atoms with Crippen LogP contribution in [0.5, 0.6) is 0 Å². The summed E-state index contributed by atoms with van der Waals surface area (Å²) in [5, 5.41) is 0. The lowest BCUT2D eigenvalue weighted by molar-refractivity contribution is -0.883. The fourth-order valence-corrected chi connectivity index (χ4v) is 6.78. The van der Waals surface area contributed by atoms with Crippen molar-refractivity contribution < 1.29 is 27.9 Å². The van der Waals surface area contributed by atoms with Crippen molar-refractivity contribution >= 4 is 7.60 Å². The quantitative estimate of drug-likeness (QED) is 0.0408. The van der Waals surface area contributed by atoms with E-state index in [1.165, 1.54) is 83.5 Å². The molecule has 0 rings (SSSR count). The van der Waals surface area contributed by atoms with Crippen LogP contribution in [0.4, 0.5) is 0 Å². The first-order valence-electron chi connectivity index (χ1n) is 16.4. The summed E-state index contributed by atoms with van der Waals surface area (Å²) in [7, 11) is 3.61. The van der Waals surface area contributed by atoms with Gasteiger partial charge in [-0.1, -0.05) is 89.5 Å². The smallest absolute Gasteiger partial charge is 0.379 e. The second-order valence-electron chi connectivity index (χ2n) is 12.2. The van der Waals surface area contributed by atoms with Crippen molar-refractivity contribution in [2.75, 3.05) is 48.1 Å². The highest BCUT2D eigenvalue weighted by atomic mass is 31.2. The molecule has 1 N–H and O–H groups in total. The molecular formula is C33H67NO5P+. The molecule has 0 amide bonds. The van der Waals surface area contributed by atoms with E-state index in [-0.39, 0.29) is 12.7 Å². The van der Waals surface area contributed by atoms with Crippen molar-refractivity contribution in [1.82, 2.24) is 0 Å². The molecule has 0 saturated carbocycles. The summed E-state index contributed by atoms with van der Waals surface area (Å²) < 4.78 is 29.9. The Balaban J connectivity index is 3.68. The lowest BCUT2D eigenvalue weighted by atomic mass is 10.1. The summed E-state index contributed by atoms with van der Waals surface area (Å²) in [6.45, 7) is 5.36. The summed E-state index contributed by atoms with van der Waals surface area (Å²) in [5.41, 5.74) is 0. The Morgan fingerprint density at radius 2 is 1.18 bits per heavy atom. The van der Waals surface area contributed by atoms with E-state index in [1.54, 1.807) is 7.11 Å². The van der Waals surface area contributed by atoms with E-state index >= 15 is 0 Å². The highest BCUT2D eigenvalue weighted by Gasteiger charge is 2.42. The molecule has 0 aliphatic heterocycles. The molecule has 7 heteroatoms. The van der Waals surface area contributed by atoms with Crippen LogP contribution >= 0.6 is 7.60 Å². The molecule has 238 valence electrons. The fourth-order valence-electron chi connectivity index (χ4n) is 4.77. The van der Waals surface area contributed by atoms with E-state index in [0.717, 1.165) is 25.7 Å². The first kappa shape index (κ1) is 39.5. The van der Waals surface area contributed by atoms with Crippen molar-refractivity contribution in [1.29, 1.82) is 0 Å². The average Bonchev–Trinajstić information content (AvgIpc) is 2.91. The third kappa shape index (κ3) is 23.1. The third-order valence-corrected chi connectivity index (χ3v) is 9.58. The van der Waals surface area contributed by atoms with Gasteiger partial charge in [0.15, 0.2) is 5.78 Å². The van der Waals surface area contributed by atoms with E-state index in [4.69, 9.17) is 14.0 Å². The topological polar surface area (TPSA) is 65.0 Å². The van der Waals surface area contributed by atoms with Gasteiger partial charge in [-0.05, 0) is 57.8 Å². The number of methoxy groups -OCH3 is 1. The molecule has 3 atom stereocenters. The van der Waals surface area contributed by atoms with Crippen LogP contribution in [0.2, 0.25) is 0 Å². The Morgan fingerprint density at radius 1 is 0.700 bits per heavy atom. The normalized spacial score (nSPS) is 15.7. The van der Waals surface area contributed by atoms with Gasteiger partial charge in [0.2, 0.25) is 0 Å². The molecule has 0 fully saturated rings. The Morgan fingerprint density at radius 3 is 1.62 bits per heavy atom. The lowest BCUT2D eigenvalue weighted by Gasteiger charge is -2.36. The standard InChI is InChI=1S/C33H66NO5P/c1-7-9-10-11-12-13-14-15-16-17-18-19-20-21-22-23-24-25-26-27-29-38-30-32(37-6)31-39-40(35,36)33(28-8-2)34(3,4)5/h11-12,23-24,32-33H,7-10,13-22,25-31H2,1-6H3/p+1/b12-11-,24-23-/t32-,33?/m1/s1. The molecular weight excluding hydrogens is 521 g/mol. The van der Waals surface area contributed by atoms with Crippen LogP contribution in [0.15, 0.2) is 24.3 Å². The number of unbranched alkanes of at least 4 members (excludes halogenated alkanes) is 13. The van der Waals surface area contributed by atoms with Gasteiger partial charge < -0.3 is 23.4 Å². The molecule has 0 bridgehead atoms. The molecule has 0 heterocycles. The molecule has 0 aromatic rings. The SMILES string of the molecule is CCCC/C=C\CCCCCCCCCC/C=C\CCCCOC[C@H](COP(=O)(O)C(CCC)[N+](C)(C)C)OC. The maximum atomic E-state index is 12.9. The minimum absolute atomic E-state index is 0.0598. The van der Waals surface area contributed by atoms with Gasteiger partial charge in [-0.25, -0.2) is 0 Å². The van der Waals surface area contributed by atoms with Crippen molar-refractivity contribution in [2.45, 2.75) is 141 Å². The van der Waals surface area contributed by atoms with E-state index in [1.807, 2.05) is 28.1 Å². The number of nitrogens with zero attached hydrogens (tertiary/aromatic N) is 1. The monoisotopic (exact) mass is 588 g/mol. The summed E-state index contributed by atoms with van der Waals surface area (Å²) in [5.74, 6) is -0.448. The largest absolute Gasteiger partial charge is 0.385 e. The Labute approximate surface area is 249 Å². The molecule has 0 aromatic carbocycles. The number of quaternary nitrogens is 1. The Hall–Kier alpha value is -0.490. The lowest BCUT2D eigenvalue weighted by Crippen LogP contribution is -2.45. The molecule has 0 spiro atoms. The zero-order valence-corrected chi connectivity index (χ0v) is 28.2. The van der Waals surface area contributed by atoms with Gasteiger partial charge in [-0.3, -0.25) is 4.57 Å². The molecule has 0 radical (unpaired) electrons. The predicted octanol–water partition coefficient (Wildman–Crippen LogP) is 9.43. The first-order valence-corrected chi connectivity index (χ1v) is 18.0. The summed E-state index contributed by atoms with van der Waals surface area (Å²) in [6.07, 6.45) is 31.0. The predicted molar refractivity (Wildman–Crippen MR) is 172 cm³/mol. The average molecular weight is 589 g/mol. The molecule has 0 aliphatic rings. The van der Waals surface area contributed by atoms with E-state index in [2.05, 4.69) is 31.2 Å². The number of hydrogen-bond acceptors (Lipinski definition) is 4. The fraction of sp³-hybridized carbons (Fsp3) is 0.879.